The second-order valence-electron chi connectivity index (χ2n) is 7.03. The van der Waals surface area contributed by atoms with Crippen LogP contribution in [0.25, 0.3) is 34.4 Å². The Bertz CT molecular complexity index is 1300. The Morgan fingerprint density at radius 2 is 1.37 bits per heavy atom. The second-order valence-corrected chi connectivity index (χ2v) is 7.03. The first-order valence-corrected chi connectivity index (χ1v) is 9.90. The molecule has 30 heavy (non-hydrogen) atoms. The van der Waals surface area contributed by atoms with Gasteiger partial charge < -0.3 is 9.73 Å². The zero-order valence-electron chi connectivity index (χ0n) is 16.3. The van der Waals surface area contributed by atoms with Crippen molar-refractivity contribution in [2.75, 3.05) is 5.32 Å². The van der Waals surface area contributed by atoms with Gasteiger partial charge in [-0.3, -0.25) is 0 Å². The summed E-state index contributed by atoms with van der Waals surface area (Å²) in [6, 6.07) is 34.7. The Hall–Kier alpha value is -4.11. The van der Waals surface area contributed by atoms with Crippen molar-refractivity contribution in [3.8, 4) is 11.5 Å². The molecule has 0 radical (unpaired) electrons. The largest absolute Gasteiger partial charge is 0.420 e. The van der Waals surface area contributed by atoms with Crippen molar-refractivity contribution in [1.82, 2.24) is 4.98 Å². The minimum Gasteiger partial charge on any atom is -0.420 e. The predicted molar refractivity (Wildman–Crippen MR) is 125 cm³/mol. The summed E-state index contributed by atoms with van der Waals surface area (Å²) >= 11 is 0. The van der Waals surface area contributed by atoms with Gasteiger partial charge in [0.1, 0.15) is 5.69 Å². The molecule has 1 N–H and O–H groups in total. The fourth-order valence-electron chi connectivity index (χ4n) is 3.38. The van der Waals surface area contributed by atoms with Crippen LogP contribution in [0.5, 0.6) is 0 Å². The lowest BCUT2D eigenvalue weighted by molar-refractivity contribution is 0.591. The standard InChI is InChI=1S/C27H20N2O/c1-3-9-20(10-4-1)15-18-25-27(30-26(29-25)22-12-5-2-6-13-22)28-24-17-16-21-11-7-8-14-23(21)19-24/h1-19,28H/b18-15+. The Balaban J connectivity index is 1.52. The van der Waals surface area contributed by atoms with Crippen LogP contribution >= 0.6 is 0 Å². The first kappa shape index (κ1) is 18.0. The van der Waals surface area contributed by atoms with Gasteiger partial charge in [-0.2, -0.15) is 0 Å². The molecule has 144 valence electrons. The molecule has 1 aromatic heterocycles. The van der Waals surface area contributed by atoms with Crippen molar-refractivity contribution in [3.05, 3.63) is 114 Å². The number of hydrogen-bond donors (Lipinski definition) is 1. The smallest absolute Gasteiger partial charge is 0.229 e. The van der Waals surface area contributed by atoms with Gasteiger partial charge in [0, 0.05) is 11.3 Å². The van der Waals surface area contributed by atoms with Crippen molar-refractivity contribution in [2.24, 2.45) is 0 Å². The highest BCUT2D eigenvalue weighted by Gasteiger charge is 2.13. The number of nitrogens with zero attached hydrogens (tertiary/aromatic N) is 1. The molecule has 5 aromatic rings. The van der Waals surface area contributed by atoms with Gasteiger partial charge in [-0.05, 0) is 46.7 Å². The molecule has 0 spiro atoms. The molecule has 0 aliphatic carbocycles. The van der Waals surface area contributed by atoms with Gasteiger partial charge in [0.05, 0.1) is 0 Å². The lowest BCUT2D eigenvalue weighted by atomic mass is 10.1. The van der Waals surface area contributed by atoms with E-state index in [1.165, 1.54) is 10.8 Å². The fraction of sp³-hybridized carbons (Fsp3) is 0. The van der Waals surface area contributed by atoms with Crippen LogP contribution in [0.15, 0.2) is 108 Å². The number of aromatic nitrogens is 1. The number of benzene rings is 4. The summed E-state index contributed by atoms with van der Waals surface area (Å²) in [6.45, 7) is 0. The summed E-state index contributed by atoms with van der Waals surface area (Å²) in [5.41, 5.74) is 3.77. The van der Waals surface area contributed by atoms with Crippen molar-refractivity contribution < 1.29 is 4.42 Å². The van der Waals surface area contributed by atoms with Crippen LogP contribution in [-0.2, 0) is 0 Å². The molecule has 0 saturated carbocycles. The van der Waals surface area contributed by atoms with Gasteiger partial charge in [-0.1, -0.05) is 84.9 Å². The molecule has 5 rings (SSSR count). The first-order valence-electron chi connectivity index (χ1n) is 9.90. The van der Waals surface area contributed by atoms with E-state index in [-0.39, 0.29) is 0 Å². The molecule has 0 aliphatic heterocycles. The maximum Gasteiger partial charge on any atom is 0.229 e. The highest BCUT2D eigenvalue weighted by molar-refractivity contribution is 5.87. The van der Waals surface area contributed by atoms with E-state index in [1.54, 1.807) is 0 Å². The molecule has 0 amide bonds. The van der Waals surface area contributed by atoms with Crippen LogP contribution < -0.4 is 5.32 Å². The quantitative estimate of drug-likeness (QED) is 0.341. The molecule has 0 saturated heterocycles. The maximum atomic E-state index is 6.13. The molecule has 1 heterocycles. The number of oxazole rings is 1. The SMILES string of the molecule is C(=C\c1nc(-c2ccccc2)oc1Nc1ccc2ccccc2c1)/c1ccccc1. The third-order valence-electron chi connectivity index (χ3n) is 4.91. The summed E-state index contributed by atoms with van der Waals surface area (Å²) in [7, 11) is 0. The van der Waals surface area contributed by atoms with Gasteiger partial charge in [0.15, 0.2) is 0 Å². The van der Waals surface area contributed by atoms with Crippen LogP contribution in [0.2, 0.25) is 0 Å². The van der Waals surface area contributed by atoms with Crippen molar-refractivity contribution in [1.29, 1.82) is 0 Å². The van der Waals surface area contributed by atoms with E-state index in [9.17, 15) is 0 Å². The lowest BCUT2D eigenvalue weighted by Crippen LogP contribution is -1.90. The fourth-order valence-corrected chi connectivity index (χ4v) is 3.38. The topological polar surface area (TPSA) is 38.1 Å². The van der Waals surface area contributed by atoms with E-state index in [2.05, 4.69) is 47.8 Å². The van der Waals surface area contributed by atoms with Gasteiger partial charge >= 0.3 is 0 Å². The summed E-state index contributed by atoms with van der Waals surface area (Å²) in [5.74, 6) is 1.21. The summed E-state index contributed by atoms with van der Waals surface area (Å²) in [4.78, 5) is 4.74. The van der Waals surface area contributed by atoms with E-state index < -0.39 is 0 Å². The van der Waals surface area contributed by atoms with E-state index in [1.807, 2.05) is 72.8 Å². The zero-order chi connectivity index (χ0) is 20.2. The van der Waals surface area contributed by atoms with Crippen LogP contribution in [0.4, 0.5) is 11.6 Å². The Morgan fingerprint density at radius 3 is 2.17 bits per heavy atom. The van der Waals surface area contributed by atoms with Gasteiger partial charge in [-0.15, -0.1) is 0 Å². The van der Waals surface area contributed by atoms with Gasteiger partial charge in [-0.25, -0.2) is 4.98 Å². The van der Waals surface area contributed by atoms with Crippen molar-refractivity contribution in [2.45, 2.75) is 0 Å². The van der Waals surface area contributed by atoms with E-state index >= 15 is 0 Å². The van der Waals surface area contributed by atoms with Gasteiger partial charge in [0.2, 0.25) is 11.8 Å². The Morgan fingerprint density at radius 1 is 0.667 bits per heavy atom. The van der Waals surface area contributed by atoms with Crippen molar-refractivity contribution >= 4 is 34.5 Å². The van der Waals surface area contributed by atoms with Gasteiger partial charge in [0.25, 0.3) is 0 Å². The van der Waals surface area contributed by atoms with Crippen LogP contribution in [0.1, 0.15) is 11.3 Å². The van der Waals surface area contributed by atoms with E-state index in [0.29, 0.717) is 11.8 Å². The van der Waals surface area contributed by atoms with Crippen LogP contribution in [-0.4, -0.2) is 4.98 Å². The maximum absolute atomic E-state index is 6.13. The first-order chi connectivity index (χ1) is 14.8. The molecule has 0 fully saturated rings. The second kappa shape index (κ2) is 8.10. The number of rotatable bonds is 5. The number of fused-ring (bicyclic) bond motifs is 1. The molecule has 0 aliphatic rings. The average Bonchev–Trinajstić information content (AvgIpc) is 3.21. The molecular weight excluding hydrogens is 368 g/mol. The minimum absolute atomic E-state index is 0.589. The molecule has 0 unspecified atom stereocenters. The Kier molecular flexibility index (Phi) is 4.84. The summed E-state index contributed by atoms with van der Waals surface area (Å²) < 4.78 is 6.13. The van der Waals surface area contributed by atoms with Crippen LogP contribution in [0.3, 0.4) is 0 Å². The molecule has 0 bridgehead atoms. The minimum atomic E-state index is 0.589. The Labute approximate surface area is 175 Å². The summed E-state index contributed by atoms with van der Waals surface area (Å²) in [5, 5.41) is 5.79. The third-order valence-corrected chi connectivity index (χ3v) is 4.91. The molecule has 3 nitrogen and oxygen atoms in total. The highest BCUT2D eigenvalue weighted by atomic mass is 16.4. The third kappa shape index (κ3) is 3.87. The monoisotopic (exact) mass is 388 g/mol. The molecule has 4 aromatic carbocycles. The van der Waals surface area contributed by atoms with E-state index in [0.717, 1.165) is 22.5 Å². The molecule has 3 heteroatoms. The zero-order valence-corrected chi connectivity index (χ0v) is 16.3. The average molecular weight is 388 g/mol. The number of anilines is 2. The lowest BCUT2D eigenvalue weighted by Gasteiger charge is -2.05. The predicted octanol–water partition coefficient (Wildman–Crippen LogP) is 7.41. The summed E-state index contributed by atoms with van der Waals surface area (Å²) in [6.07, 6.45) is 4.02. The van der Waals surface area contributed by atoms with E-state index in [4.69, 9.17) is 9.40 Å². The van der Waals surface area contributed by atoms with Crippen molar-refractivity contribution in [3.63, 3.8) is 0 Å². The number of nitrogens with one attached hydrogen (secondary N) is 1. The molecular formula is C27H20N2O. The molecule has 0 atom stereocenters. The normalized spacial score (nSPS) is 11.2. The highest BCUT2D eigenvalue weighted by Crippen LogP contribution is 2.30. The van der Waals surface area contributed by atoms with Crippen LogP contribution in [0, 0.1) is 0 Å². The number of hydrogen-bond acceptors (Lipinski definition) is 3.